The van der Waals surface area contributed by atoms with Gasteiger partial charge in [0.25, 0.3) is 0 Å². The van der Waals surface area contributed by atoms with Crippen LogP contribution in [0.3, 0.4) is 0 Å². The lowest BCUT2D eigenvalue weighted by atomic mass is 9.78. The summed E-state index contributed by atoms with van der Waals surface area (Å²) >= 11 is 0. The van der Waals surface area contributed by atoms with Crippen molar-refractivity contribution in [3.63, 3.8) is 0 Å². The maximum absolute atomic E-state index is 6.35. The van der Waals surface area contributed by atoms with E-state index in [1.54, 1.807) is 7.11 Å². The molecule has 1 aromatic carbocycles. The summed E-state index contributed by atoms with van der Waals surface area (Å²) in [6.45, 7) is 3.92. The minimum absolute atomic E-state index is 0.00447. The first-order chi connectivity index (χ1) is 9.67. The minimum Gasteiger partial charge on any atom is -0.497 e. The van der Waals surface area contributed by atoms with Gasteiger partial charge in [-0.1, -0.05) is 31.9 Å². The highest BCUT2D eigenvalue weighted by Gasteiger charge is 2.35. The summed E-state index contributed by atoms with van der Waals surface area (Å²) in [5, 5.41) is 3.31. The molecule has 2 rings (SSSR count). The molecule has 1 N–H and O–H groups in total. The molecular weight excluding hydrogens is 250 g/mol. The van der Waals surface area contributed by atoms with Gasteiger partial charge in [0.1, 0.15) is 5.75 Å². The van der Waals surface area contributed by atoms with Crippen molar-refractivity contribution in [2.75, 3.05) is 20.7 Å². The molecule has 2 atom stereocenters. The molecule has 0 amide bonds. The number of hydrogen-bond donors (Lipinski definition) is 1. The van der Waals surface area contributed by atoms with E-state index >= 15 is 0 Å². The van der Waals surface area contributed by atoms with E-state index < -0.39 is 0 Å². The molecule has 20 heavy (non-hydrogen) atoms. The predicted octanol–water partition coefficient (Wildman–Crippen LogP) is 3.38. The van der Waals surface area contributed by atoms with Gasteiger partial charge in [-0.05, 0) is 43.5 Å². The largest absolute Gasteiger partial charge is 0.497 e. The molecule has 3 nitrogen and oxygen atoms in total. The van der Waals surface area contributed by atoms with Gasteiger partial charge in [-0.2, -0.15) is 0 Å². The molecule has 1 fully saturated rings. The van der Waals surface area contributed by atoms with Crippen LogP contribution < -0.4 is 10.1 Å². The van der Waals surface area contributed by atoms with Crippen LogP contribution in [0.2, 0.25) is 0 Å². The van der Waals surface area contributed by atoms with E-state index in [2.05, 4.69) is 24.4 Å². The van der Waals surface area contributed by atoms with E-state index in [1.807, 2.05) is 19.2 Å². The molecule has 1 aliphatic rings. The molecule has 112 valence electrons. The fourth-order valence-electron chi connectivity index (χ4n) is 3.28. The maximum atomic E-state index is 6.35. The Labute approximate surface area is 122 Å². The molecule has 0 spiro atoms. The zero-order valence-electron chi connectivity index (χ0n) is 12.9. The lowest BCUT2D eigenvalue weighted by molar-refractivity contribution is -0.0880. The van der Waals surface area contributed by atoms with Gasteiger partial charge in [0, 0.05) is 6.54 Å². The summed E-state index contributed by atoms with van der Waals surface area (Å²) in [7, 11) is 3.71. The predicted molar refractivity (Wildman–Crippen MR) is 82.1 cm³/mol. The summed E-state index contributed by atoms with van der Waals surface area (Å²) in [5.74, 6) is 1.65. The average molecular weight is 277 g/mol. The van der Waals surface area contributed by atoms with Crippen molar-refractivity contribution in [1.29, 1.82) is 0 Å². The lowest BCUT2D eigenvalue weighted by Gasteiger charge is -2.40. The van der Waals surface area contributed by atoms with Crippen molar-refractivity contribution < 1.29 is 9.47 Å². The van der Waals surface area contributed by atoms with Gasteiger partial charge in [-0.15, -0.1) is 0 Å². The zero-order chi connectivity index (χ0) is 14.4. The molecule has 0 heterocycles. The number of hydrogen-bond acceptors (Lipinski definition) is 3. The van der Waals surface area contributed by atoms with Crippen LogP contribution in [0.4, 0.5) is 0 Å². The standard InChI is InChI=1S/C17H27NO2/c1-14-6-5-9-17(11-14,13-18-2)20-12-15-7-4-8-16(10-15)19-3/h4,7-8,10,14,18H,5-6,9,11-13H2,1-3H3. The van der Waals surface area contributed by atoms with Crippen molar-refractivity contribution in [3.8, 4) is 5.75 Å². The third kappa shape index (κ3) is 3.97. The fourth-order valence-corrected chi connectivity index (χ4v) is 3.28. The first-order valence-corrected chi connectivity index (χ1v) is 7.59. The van der Waals surface area contributed by atoms with Crippen LogP contribution in [0.5, 0.6) is 5.75 Å². The molecule has 0 bridgehead atoms. The van der Waals surface area contributed by atoms with Gasteiger partial charge in [0.15, 0.2) is 0 Å². The van der Waals surface area contributed by atoms with E-state index in [0.717, 1.165) is 31.1 Å². The highest BCUT2D eigenvalue weighted by molar-refractivity contribution is 5.27. The average Bonchev–Trinajstić information content (AvgIpc) is 2.46. The van der Waals surface area contributed by atoms with E-state index in [1.165, 1.54) is 18.4 Å². The Morgan fingerprint density at radius 3 is 2.95 bits per heavy atom. The van der Waals surface area contributed by atoms with Gasteiger partial charge in [0.05, 0.1) is 19.3 Å². The van der Waals surface area contributed by atoms with E-state index in [9.17, 15) is 0 Å². The summed E-state index contributed by atoms with van der Waals surface area (Å²) < 4.78 is 11.6. The Bertz CT molecular complexity index is 417. The van der Waals surface area contributed by atoms with Crippen LogP contribution in [-0.2, 0) is 11.3 Å². The highest BCUT2D eigenvalue weighted by Crippen LogP contribution is 2.35. The number of nitrogens with one attached hydrogen (secondary N) is 1. The first-order valence-electron chi connectivity index (χ1n) is 7.59. The number of methoxy groups -OCH3 is 1. The molecule has 3 heteroatoms. The number of benzene rings is 1. The third-order valence-corrected chi connectivity index (χ3v) is 4.23. The molecule has 1 aliphatic carbocycles. The minimum atomic E-state index is -0.00447. The Hall–Kier alpha value is -1.06. The van der Waals surface area contributed by atoms with Gasteiger partial charge in [0.2, 0.25) is 0 Å². The van der Waals surface area contributed by atoms with Crippen molar-refractivity contribution >= 4 is 0 Å². The zero-order valence-corrected chi connectivity index (χ0v) is 12.9. The molecule has 0 saturated heterocycles. The van der Waals surface area contributed by atoms with E-state index in [0.29, 0.717) is 6.61 Å². The van der Waals surface area contributed by atoms with Crippen molar-refractivity contribution in [1.82, 2.24) is 5.32 Å². The van der Waals surface area contributed by atoms with Gasteiger partial charge in [-0.3, -0.25) is 0 Å². The van der Waals surface area contributed by atoms with Crippen LogP contribution in [0.15, 0.2) is 24.3 Å². The Morgan fingerprint density at radius 1 is 1.40 bits per heavy atom. The van der Waals surface area contributed by atoms with Crippen LogP contribution in [0.25, 0.3) is 0 Å². The smallest absolute Gasteiger partial charge is 0.119 e. The Kier molecular flexibility index (Phi) is 5.44. The lowest BCUT2D eigenvalue weighted by Crippen LogP contribution is -2.45. The van der Waals surface area contributed by atoms with Crippen molar-refractivity contribution in [3.05, 3.63) is 29.8 Å². The number of rotatable bonds is 6. The van der Waals surface area contributed by atoms with Crippen LogP contribution in [0.1, 0.15) is 38.2 Å². The van der Waals surface area contributed by atoms with Crippen LogP contribution in [0, 0.1) is 5.92 Å². The molecule has 0 aliphatic heterocycles. The van der Waals surface area contributed by atoms with Crippen LogP contribution in [-0.4, -0.2) is 26.3 Å². The first kappa shape index (κ1) is 15.3. The second-order valence-corrected chi connectivity index (χ2v) is 6.06. The number of ether oxygens (including phenoxy) is 2. The highest BCUT2D eigenvalue weighted by atomic mass is 16.5. The van der Waals surface area contributed by atoms with Crippen LogP contribution >= 0.6 is 0 Å². The molecule has 0 aromatic heterocycles. The summed E-state index contributed by atoms with van der Waals surface area (Å²) in [4.78, 5) is 0. The Morgan fingerprint density at radius 2 is 2.25 bits per heavy atom. The normalized spacial score (nSPS) is 26.4. The Balaban J connectivity index is 2.01. The summed E-state index contributed by atoms with van der Waals surface area (Å²) in [6, 6.07) is 8.14. The molecule has 0 radical (unpaired) electrons. The van der Waals surface area contributed by atoms with Gasteiger partial charge < -0.3 is 14.8 Å². The van der Waals surface area contributed by atoms with Gasteiger partial charge in [-0.25, -0.2) is 0 Å². The van der Waals surface area contributed by atoms with Crippen molar-refractivity contribution in [2.24, 2.45) is 5.92 Å². The third-order valence-electron chi connectivity index (χ3n) is 4.23. The van der Waals surface area contributed by atoms with E-state index in [4.69, 9.17) is 9.47 Å². The van der Waals surface area contributed by atoms with E-state index in [-0.39, 0.29) is 5.60 Å². The SMILES string of the molecule is CNCC1(OCc2cccc(OC)c2)CCCC(C)C1. The molecule has 1 aromatic rings. The monoisotopic (exact) mass is 277 g/mol. The second-order valence-electron chi connectivity index (χ2n) is 6.06. The summed E-state index contributed by atoms with van der Waals surface area (Å²) in [5.41, 5.74) is 1.17. The maximum Gasteiger partial charge on any atom is 0.119 e. The topological polar surface area (TPSA) is 30.5 Å². The second kappa shape index (κ2) is 7.09. The fraction of sp³-hybridized carbons (Fsp3) is 0.647. The molecule has 2 unspecified atom stereocenters. The molecular formula is C17H27NO2. The number of likely N-dealkylation sites (N-methyl/N-ethyl adjacent to an activating group) is 1. The summed E-state index contributed by atoms with van der Waals surface area (Å²) in [6.07, 6.45) is 4.90. The van der Waals surface area contributed by atoms with Crippen molar-refractivity contribution in [2.45, 2.75) is 44.8 Å². The molecule has 1 saturated carbocycles. The van der Waals surface area contributed by atoms with Gasteiger partial charge >= 0.3 is 0 Å². The quantitative estimate of drug-likeness (QED) is 0.864.